The maximum Gasteiger partial charge on any atom is 0.333 e. The van der Waals surface area contributed by atoms with E-state index in [1.165, 1.54) is 0 Å². The third kappa shape index (κ3) is 5.30. The fourth-order valence-electron chi connectivity index (χ4n) is 3.23. The number of benzene rings is 3. The molecule has 0 unspecified atom stereocenters. The van der Waals surface area contributed by atoms with Crippen molar-refractivity contribution in [1.82, 2.24) is 4.98 Å². The standard InChI is InChI=1S/C25H19BrN2O5/c26-24-21-15-19(32-18-9-5-2-6-10-18)12-13-20(21)23(31)25(27-24)28(16-29)33-22(30)14-11-17-7-3-1-4-8-17/h1-10,12-13,15-16,31H,11,14H2. The van der Waals surface area contributed by atoms with E-state index in [2.05, 4.69) is 20.9 Å². The van der Waals surface area contributed by atoms with Crippen molar-refractivity contribution in [3.8, 4) is 17.2 Å². The molecule has 0 aliphatic rings. The van der Waals surface area contributed by atoms with Gasteiger partial charge in [0.2, 0.25) is 12.2 Å². The summed E-state index contributed by atoms with van der Waals surface area (Å²) >= 11 is 3.37. The van der Waals surface area contributed by atoms with Gasteiger partial charge in [-0.2, -0.15) is 0 Å². The first-order chi connectivity index (χ1) is 16.0. The molecule has 4 rings (SSSR count). The summed E-state index contributed by atoms with van der Waals surface area (Å²) in [6.45, 7) is 0. The number of aromatic hydroxyl groups is 1. The second kappa shape index (κ2) is 10.1. The molecule has 0 fully saturated rings. The van der Waals surface area contributed by atoms with E-state index < -0.39 is 5.97 Å². The molecule has 0 aliphatic heterocycles. The number of aromatic nitrogens is 1. The van der Waals surface area contributed by atoms with Crippen LogP contribution in [0.15, 0.2) is 83.5 Å². The van der Waals surface area contributed by atoms with Crippen LogP contribution in [0.1, 0.15) is 12.0 Å². The Morgan fingerprint density at radius 3 is 2.36 bits per heavy atom. The Kier molecular flexibility index (Phi) is 6.85. The third-order valence-corrected chi connectivity index (χ3v) is 5.43. The van der Waals surface area contributed by atoms with Gasteiger partial charge < -0.3 is 14.7 Å². The number of fused-ring (bicyclic) bond motifs is 1. The van der Waals surface area contributed by atoms with Crippen LogP contribution in [0.2, 0.25) is 0 Å². The number of aryl methyl sites for hydroxylation is 1. The maximum atomic E-state index is 12.3. The number of hydroxylamine groups is 1. The van der Waals surface area contributed by atoms with Gasteiger partial charge in [-0.3, -0.25) is 4.79 Å². The monoisotopic (exact) mass is 506 g/mol. The van der Waals surface area contributed by atoms with E-state index in [0.717, 1.165) is 5.56 Å². The average molecular weight is 507 g/mol. The average Bonchev–Trinajstić information content (AvgIpc) is 2.85. The van der Waals surface area contributed by atoms with Crippen molar-refractivity contribution in [2.75, 3.05) is 5.06 Å². The SMILES string of the molecule is O=CN(OC(=O)CCc1ccccc1)c1nc(Br)c2cc(Oc3ccccc3)ccc2c1O. The Morgan fingerprint density at radius 1 is 0.970 bits per heavy atom. The minimum atomic E-state index is -0.630. The number of anilines is 1. The van der Waals surface area contributed by atoms with Crippen molar-refractivity contribution in [3.05, 3.63) is 89.0 Å². The van der Waals surface area contributed by atoms with Gasteiger partial charge in [0.1, 0.15) is 16.1 Å². The van der Waals surface area contributed by atoms with E-state index in [-0.39, 0.29) is 24.4 Å². The highest BCUT2D eigenvalue weighted by Crippen LogP contribution is 2.39. The van der Waals surface area contributed by atoms with Crippen LogP contribution in [0.5, 0.6) is 17.2 Å². The van der Waals surface area contributed by atoms with E-state index in [1.807, 2.05) is 60.7 Å². The summed E-state index contributed by atoms with van der Waals surface area (Å²) in [5.74, 6) is 0.0748. The predicted molar refractivity (Wildman–Crippen MR) is 127 cm³/mol. The molecular weight excluding hydrogens is 488 g/mol. The second-order valence-electron chi connectivity index (χ2n) is 7.08. The smallest absolute Gasteiger partial charge is 0.333 e. The Labute approximate surface area is 198 Å². The number of hydrogen-bond acceptors (Lipinski definition) is 6. The quantitative estimate of drug-likeness (QED) is 0.191. The second-order valence-corrected chi connectivity index (χ2v) is 7.83. The van der Waals surface area contributed by atoms with Gasteiger partial charge in [0.25, 0.3) is 0 Å². The summed E-state index contributed by atoms with van der Waals surface area (Å²) in [7, 11) is 0. The van der Waals surface area contributed by atoms with Crippen molar-refractivity contribution in [1.29, 1.82) is 0 Å². The first kappa shape index (κ1) is 22.3. The van der Waals surface area contributed by atoms with E-state index >= 15 is 0 Å². The largest absolute Gasteiger partial charge is 0.504 e. The molecule has 166 valence electrons. The molecule has 1 aromatic heterocycles. The van der Waals surface area contributed by atoms with Crippen LogP contribution >= 0.6 is 15.9 Å². The summed E-state index contributed by atoms with van der Waals surface area (Å²) in [4.78, 5) is 33.3. The number of amides is 1. The molecule has 3 aromatic carbocycles. The zero-order chi connectivity index (χ0) is 23.2. The molecular formula is C25H19BrN2O5. The van der Waals surface area contributed by atoms with Gasteiger partial charge in [-0.25, -0.2) is 9.78 Å². The molecule has 0 saturated carbocycles. The molecule has 7 nitrogen and oxygen atoms in total. The molecule has 0 spiro atoms. The van der Waals surface area contributed by atoms with Crippen molar-refractivity contribution in [2.45, 2.75) is 12.8 Å². The van der Waals surface area contributed by atoms with Crippen LogP contribution in [0.3, 0.4) is 0 Å². The molecule has 1 heterocycles. The van der Waals surface area contributed by atoms with Crippen molar-refractivity contribution < 1.29 is 24.3 Å². The van der Waals surface area contributed by atoms with Crippen LogP contribution in [0, 0.1) is 0 Å². The predicted octanol–water partition coefficient (Wildman–Crippen LogP) is 5.55. The number of pyridine rings is 1. The Hall–Kier alpha value is -3.91. The Balaban J connectivity index is 1.54. The minimum Gasteiger partial charge on any atom is -0.504 e. The van der Waals surface area contributed by atoms with Gasteiger partial charge in [-0.15, -0.1) is 5.06 Å². The third-order valence-electron chi connectivity index (χ3n) is 4.83. The first-order valence-corrected chi connectivity index (χ1v) is 10.9. The topological polar surface area (TPSA) is 89.0 Å². The normalized spacial score (nSPS) is 10.6. The van der Waals surface area contributed by atoms with Crippen molar-refractivity contribution in [2.24, 2.45) is 0 Å². The lowest BCUT2D eigenvalue weighted by Crippen LogP contribution is -2.27. The number of ether oxygens (including phenoxy) is 1. The number of carbonyl (C=O) groups excluding carboxylic acids is 2. The molecule has 33 heavy (non-hydrogen) atoms. The van der Waals surface area contributed by atoms with E-state index in [9.17, 15) is 14.7 Å². The molecule has 0 saturated heterocycles. The fraction of sp³-hybridized carbons (Fsp3) is 0.0800. The number of para-hydroxylation sites is 1. The number of hydrogen-bond donors (Lipinski definition) is 1. The highest BCUT2D eigenvalue weighted by Gasteiger charge is 2.22. The highest BCUT2D eigenvalue weighted by molar-refractivity contribution is 9.10. The highest BCUT2D eigenvalue weighted by atomic mass is 79.9. The molecule has 0 atom stereocenters. The zero-order valence-electron chi connectivity index (χ0n) is 17.3. The number of carbonyl (C=O) groups is 2. The van der Waals surface area contributed by atoms with Gasteiger partial charge in [0, 0.05) is 10.8 Å². The summed E-state index contributed by atoms with van der Waals surface area (Å²) < 4.78 is 6.17. The zero-order valence-corrected chi connectivity index (χ0v) is 18.9. The lowest BCUT2D eigenvalue weighted by molar-refractivity contribution is -0.147. The number of nitrogens with zero attached hydrogens (tertiary/aromatic N) is 2. The van der Waals surface area contributed by atoms with Crippen LogP contribution < -0.4 is 9.80 Å². The van der Waals surface area contributed by atoms with Gasteiger partial charge in [-0.05, 0) is 58.2 Å². The Morgan fingerprint density at radius 2 is 1.67 bits per heavy atom. The summed E-state index contributed by atoms with van der Waals surface area (Å²) in [6.07, 6.45) is 0.801. The molecule has 0 bridgehead atoms. The molecule has 1 amide bonds. The molecule has 0 radical (unpaired) electrons. The first-order valence-electron chi connectivity index (χ1n) is 10.1. The van der Waals surface area contributed by atoms with E-state index in [4.69, 9.17) is 9.57 Å². The number of halogens is 1. The van der Waals surface area contributed by atoms with Gasteiger partial charge in [0.15, 0.2) is 5.75 Å². The summed E-state index contributed by atoms with van der Waals surface area (Å²) in [6, 6.07) is 23.7. The molecule has 8 heteroatoms. The molecule has 4 aromatic rings. The van der Waals surface area contributed by atoms with E-state index in [1.54, 1.807) is 18.2 Å². The summed E-state index contributed by atoms with van der Waals surface area (Å²) in [5, 5.41) is 12.4. The van der Waals surface area contributed by atoms with Gasteiger partial charge in [-0.1, -0.05) is 48.5 Å². The van der Waals surface area contributed by atoms with Crippen molar-refractivity contribution >= 4 is 44.9 Å². The van der Waals surface area contributed by atoms with Crippen LogP contribution in [-0.2, 0) is 20.8 Å². The maximum absolute atomic E-state index is 12.3. The van der Waals surface area contributed by atoms with Crippen LogP contribution in [0.25, 0.3) is 10.8 Å². The van der Waals surface area contributed by atoms with E-state index in [0.29, 0.717) is 38.4 Å². The fourth-order valence-corrected chi connectivity index (χ4v) is 3.73. The lowest BCUT2D eigenvalue weighted by atomic mass is 10.1. The minimum absolute atomic E-state index is 0.0596. The van der Waals surface area contributed by atoms with Crippen LogP contribution in [-0.4, -0.2) is 22.5 Å². The Bertz CT molecular complexity index is 1280. The van der Waals surface area contributed by atoms with Gasteiger partial charge >= 0.3 is 5.97 Å². The lowest BCUT2D eigenvalue weighted by Gasteiger charge is -2.18. The van der Waals surface area contributed by atoms with Crippen LogP contribution in [0.4, 0.5) is 5.82 Å². The van der Waals surface area contributed by atoms with Gasteiger partial charge in [0.05, 0.1) is 6.42 Å². The number of rotatable bonds is 8. The molecule has 1 N–H and O–H groups in total. The van der Waals surface area contributed by atoms with Crippen molar-refractivity contribution in [3.63, 3.8) is 0 Å². The summed E-state index contributed by atoms with van der Waals surface area (Å²) in [5.41, 5.74) is 0.968. The molecule has 0 aliphatic carbocycles.